The molecule has 0 fully saturated rings. The van der Waals surface area contributed by atoms with Gasteiger partial charge in [0.1, 0.15) is 0 Å². The number of unbranched alkanes of at least 4 members (excludes halogenated alkanes) is 10. The first-order valence-corrected chi connectivity index (χ1v) is 12.1. The van der Waals surface area contributed by atoms with Gasteiger partial charge in [0.05, 0.1) is 12.3 Å². The van der Waals surface area contributed by atoms with Gasteiger partial charge in [0, 0.05) is 11.8 Å². The average molecular weight is 414 g/mol. The summed E-state index contributed by atoms with van der Waals surface area (Å²) in [6, 6.07) is 9.28. The van der Waals surface area contributed by atoms with Crippen LogP contribution in [0.4, 0.5) is 4.39 Å². The van der Waals surface area contributed by atoms with E-state index in [9.17, 15) is 4.39 Å². The van der Waals surface area contributed by atoms with Gasteiger partial charge >= 0.3 is 0 Å². The van der Waals surface area contributed by atoms with E-state index in [1.807, 2.05) is 18.3 Å². The van der Waals surface area contributed by atoms with Crippen molar-refractivity contribution in [2.75, 3.05) is 6.61 Å². The van der Waals surface area contributed by atoms with Crippen LogP contribution in [0.5, 0.6) is 5.75 Å². The second kappa shape index (κ2) is 15.0. The number of nitrogens with zero attached hydrogens (tertiary/aromatic N) is 1. The molecule has 0 N–H and O–H groups in total. The van der Waals surface area contributed by atoms with Crippen molar-refractivity contribution in [2.45, 2.75) is 97.3 Å². The predicted octanol–water partition coefficient (Wildman–Crippen LogP) is 8.53. The minimum Gasteiger partial charge on any atom is -0.491 e. The zero-order valence-electron chi connectivity index (χ0n) is 19.1. The molecular formula is C27H40FNO. The van der Waals surface area contributed by atoms with Crippen molar-refractivity contribution in [3.05, 3.63) is 47.9 Å². The molecule has 0 aliphatic carbocycles. The van der Waals surface area contributed by atoms with Gasteiger partial charge in [0.15, 0.2) is 11.6 Å². The number of hydrogen-bond acceptors (Lipinski definition) is 2. The first-order valence-electron chi connectivity index (χ1n) is 12.1. The Morgan fingerprint density at radius 2 is 1.43 bits per heavy atom. The van der Waals surface area contributed by atoms with Gasteiger partial charge in [-0.1, -0.05) is 84.1 Å². The lowest BCUT2D eigenvalue weighted by molar-refractivity contribution is 0.290. The van der Waals surface area contributed by atoms with Gasteiger partial charge in [-0.3, -0.25) is 4.98 Å². The SMILES string of the molecule is CCCCCCCCCc1ccc(-c2ccc(OCCCCCCC)c(F)c2)nc1. The standard InChI is InChI=1S/C27H40FNO/c1-3-5-7-9-10-11-13-15-23-16-18-26(29-22-23)24-17-19-27(25(28)21-24)30-20-14-12-8-6-4-2/h16-19,21-22H,3-15,20H2,1-2H3. The fourth-order valence-electron chi connectivity index (χ4n) is 3.69. The van der Waals surface area contributed by atoms with Crippen LogP contribution in [0, 0.1) is 5.82 Å². The van der Waals surface area contributed by atoms with Crippen LogP contribution in [0.2, 0.25) is 0 Å². The maximum Gasteiger partial charge on any atom is 0.165 e. The molecule has 1 aromatic heterocycles. The van der Waals surface area contributed by atoms with Gasteiger partial charge in [0.25, 0.3) is 0 Å². The van der Waals surface area contributed by atoms with Crippen molar-refractivity contribution in [2.24, 2.45) is 0 Å². The van der Waals surface area contributed by atoms with Crippen molar-refractivity contribution >= 4 is 0 Å². The molecule has 2 aromatic rings. The maximum atomic E-state index is 14.4. The molecule has 0 atom stereocenters. The molecule has 0 amide bonds. The van der Waals surface area contributed by atoms with Crippen molar-refractivity contribution in [1.82, 2.24) is 4.98 Å². The molecule has 0 radical (unpaired) electrons. The van der Waals surface area contributed by atoms with Gasteiger partial charge in [-0.25, -0.2) is 4.39 Å². The van der Waals surface area contributed by atoms with E-state index in [1.165, 1.54) is 75.8 Å². The van der Waals surface area contributed by atoms with Crippen LogP contribution in [0.15, 0.2) is 36.5 Å². The highest BCUT2D eigenvalue weighted by molar-refractivity contribution is 5.60. The molecule has 0 unspecified atom stereocenters. The molecule has 0 saturated carbocycles. The van der Waals surface area contributed by atoms with Crippen LogP contribution in [0.3, 0.4) is 0 Å². The molecule has 0 saturated heterocycles. The highest BCUT2D eigenvalue weighted by Gasteiger charge is 2.07. The van der Waals surface area contributed by atoms with E-state index in [4.69, 9.17) is 4.74 Å². The van der Waals surface area contributed by atoms with Gasteiger partial charge in [0.2, 0.25) is 0 Å². The number of hydrogen-bond donors (Lipinski definition) is 0. The number of rotatable bonds is 16. The summed E-state index contributed by atoms with van der Waals surface area (Å²) in [6.07, 6.45) is 18.1. The highest BCUT2D eigenvalue weighted by atomic mass is 19.1. The van der Waals surface area contributed by atoms with Crippen LogP contribution in [-0.4, -0.2) is 11.6 Å². The second-order valence-corrected chi connectivity index (χ2v) is 8.33. The van der Waals surface area contributed by atoms with E-state index in [1.54, 1.807) is 6.07 Å². The molecule has 0 bridgehead atoms. The number of benzene rings is 1. The summed E-state index contributed by atoms with van der Waals surface area (Å²) in [7, 11) is 0. The first kappa shape index (κ1) is 24.4. The van der Waals surface area contributed by atoms with Gasteiger partial charge in [-0.2, -0.15) is 0 Å². The molecule has 0 aliphatic rings. The largest absolute Gasteiger partial charge is 0.491 e. The fraction of sp³-hybridized carbons (Fsp3) is 0.593. The Morgan fingerprint density at radius 3 is 2.07 bits per heavy atom. The smallest absolute Gasteiger partial charge is 0.165 e. The molecule has 166 valence electrons. The van der Waals surface area contributed by atoms with Gasteiger partial charge < -0.3 is 4.74 Å². The van der Waals surface area contributed by atoms with Crippen molar-refractivity contribution in [3.63, 3.8) is 0 Å². The Bertz CT molecular complexity index is 699. The molecule has 0 spiro atoms. The highest BCUT2D eigenvalue weighted by Crippen LogP contribution is 2.25. The van der Waals surface area contributed by atoms with Crippen molar-refractivity contribution in [1.29, 1.82) is 0 Å². The minimum atomic E-state index is -0.310. The summed E-state index contributed by atoms with van der Waals surface area (Å²) in [5.41, 5.74) is 2.87. The number of aromatic nitrogens is 1. The quantitative estimate of drug-likeness (QED) is 0.257. The van der Waals surface area contributed by atoms with E-state index in [0.717, 1.165) is 30.5 Å². The second-order valence-electron chi connectivity index (χ2n) is 8.33. The fourth-order valence-corrected chi connectivity index (χ4v) is 3.69. The third-order valence-corrected chi connectivity index (χ3v) is 5.63. The lowest BCUT2D eigenvalue weighted by Gasteiger charge is -2.09. The van der Waals surface area contributed by atoms with Gasteiger partial charge in [-0.15, -0.1) is 0 Å². The van der Waals surface area contributed by atoms with E-state index in [2.05, 4.69) is 24.9 Å². The molecule has 2 rings (SSSR count). The van der Waals surface area contributed by atoms with Crippen molar-refractivity contribution < 1.29 is 9.13 Å². The van der Waals surface area contributed by atoms with Crippen molar-refractivity contribution in [3.8, 4) is 17.0 Å². The average Bonchev–Trinajstić information content (AvgIpc) is 2.77. The zero-order valence-corrected chi connectivity index (χ0v) is 19.1. The Hall–Kier alpha value is -1.90. The van der Waals surface area contributed by atoms with Gasteiger partial charge in [-0.05, 0) is 49.1 Å². The number of halogens is 1. The Kier molecular flexibility index (Phi) is 12.2. The predicted molar refractivity (Wildman–Crippen MR) is 126 cm³/mol. The van der Waals surface area contributed by atoms with E-state index >= 15 is 0 Å². The summed E-state index contributed by atoms with van der Waals surface area (Å²) < 4.78 is 20.0. The Morgan fingerprint density at radius 1 is 0.767 bits per heavy atom. The number of ether oxygens (including phenoxy) is 1. The summed E-state index contributed by atoms with van der Waals surface area (Å²) in [5.74, 6) is 0.0276. The monoisotopic (exact) mass is 413 g/mol. The molecule has 0 aliphatic heterocycles. The number of aryl methyl sites for hydroxylation is 1. The third kappa shape index (κ3) is 9.28. The van der Waals surface area contributed by atoms with Crippen LogP contribution in [-0.2, 0) is 6.42 Å². The lowest BCUT2D eigenvalue weighted by atomic mass is 10.0. The maximum absolute atomic E-state index is 14.4. The van der Waals surface area contributed by atoms with Crippen LogP contribution >= 0.6 is 0 Å². The topological polar surface area (TPSA) is 22.1 Å². The van der Waals surface area contributed by atoms with E-state index in [0.29, 0.717) is 12.4 Å². The molecule has 1 aromatic carbocycles. The van der Waals surface area contributed by atoms with Crippen LogP contribution in [0.1, 0.15) is 96.5 Å². The summed E-state index contributed by atoms with van der Waals surface area (Å²) in [6.45, 7) is 5.03. The normalized spacial score (nSPS) is 11.0. The summed E-state index contributed by atoms with van der Waals surface area (Å²) >= 11 is 0. The van der Waals surface area contributed by atoms with E-state index < -0.39 is 0 Å². The minimum absolute atomic E-state index is 0.310. The Labute approximate surface area is 183 Å². The van der Waals surface area contributed by atoms with Crippen LogP contribution < -0.4 is 4.74 Å². The summed E-state index contributed by atoms with van der Waals surface area (Å²) in [4.78, 5) is 4.56. The lowest BCUT2D eigenvalue weighted by Crippen LogP contribution is -1.99. The molecule has 30 heavy (non-hydrogen) atoms. The third-order valence-electron chi connectivity index (χ3n) is 5.63. The van der Waals surface area contributed by atoms with E-state index in [-0.39, 0.29) is 5.82 Å². The number of pyridine rings is 1. The van der Waals surface area contributed by atoms with Crippen LogP contribution in [0.25, 0.3) is 11.3 Å². The zero-order chi connectivity index (χ0) is 21.4. The first-order chi connectivity index (χ1) is 14.7. The molecule has 3 heteroatoms. The molecular weight excluding hydrogens is 373 g/mol. The Balaban J connectivity index is 1.75. The molecule has 2 nitrogen and oxygen atoms in total. The summed E-state index contributed by atoms with van der Waals surface area (Å²) in [5, 5.41) is 0. The molecule has 1 heterocycles.